The van der Waals surface area contributed by atoms with E-state index < -0.39 is 0 Å². The number of allylic oxidation sites excluding steroid dienone is 4. The average molecular weight is 743 g/mol. The van der Waals surface area contributed by atoms with E-state index in [1.165, 1.54) is 202 Å². The summed E-state index contributed by atoms with van der Waals surface area (Å²) in [6, 6.07) is 0. The van der Waals surface area contributed by atoms with Crippen LogP contribution in [0.4, 0.5) is 0 Å². The van der Waals surface area contributed by atoms with Crippen molar-refractivity contribution in [3.8, 4) is 23.7 Å². The van der Waals surface area contributed by atoms with E-state index >= 15 is 0 Å². The zero-order valence-corrected chi connectivity index (χ0v) is 37.7. The molecule has 0 aromatic carbocycles. The van der Waals surface area contributed by atoms with E-state index in [-0.39, 0.29) is 5.41 Å². The largest absolute Gasteiger partial charge is 0.0993 e. The molecule has 0 aliphatic rings. The van der Waals surface area contributed by atoms with Crippen molar-refractivity contribution in [3.63, 3.8) is 0 Å². The molecule has 0 nitrogen and oxygen atoms in total. The first-order valence-corrected chi connectivity index (χ1v) is 24.0. The van der Waals surface area contributed by atoms with Crippen molar-refractivity contribution in [2.45, 2.75) is 259 Å². The summed E-state index contributed by atoms with van der Waals surface area (Å²) in [7, 11) is 0. The maximum Gasteiger partial charge on any atom is 0.0737 e. The van der Waals surface area contributed by atoms with Crippen LogP contribution in [0.5, 0.6) is 0 Å². The molecule has 0 radical (unpaired) electrons. The third-order valence-corrected chi connectivity index (χ3v) is 12.1. The number of unbranched alkanes of at least 4 members (excludes halogenated alkanes) is 24. The van der Waals surface area contributed by atoms with Gasteiger partial charge in [0.05, 0.1) is 5.41 Å². The summed E-state index contributed by atoms with van der Waals surface area (Å²) < 4.78 is 0. The van der Waals surface area contributed by atoms with Crippen molar-refractivity contribution in [3.05, 3.63) is 48.6 Å². The summed E-state index contributed by atoms with van der Waals surface area (Å²) in [5.74, 6) is 13.6. The van der Waals surface area contributed by atoms with Crippen LogP contribution in [-0.4, -0.2) is 0 Å². The number of hydrogen-bond donors (Lipinski definition) is 0. The molecule has 0 heteroatoms. The quantitative estimate of drug-likeness (QED) is 0.0333. The lowest BCUT2D eigenvalue weighted by atomic mass is 9.68. The van der Waals surface area contributed by atoms with Crippen molar-refractivity contribution in [2.24, 2.45) is 11.3 Å². The van der Waals surface area contributed by atoms with Crippen LogP contribution in [0.1, 0.15) is 259 Å². The van der Waals surface area contributed by atoms with Crippen LogP contribution >= 0.6 is 0 Å². The molecule has 0 rings (SSSR count). The maximum atomic E-state index is 4.83. The van der Waals surface area contributed by atoms with Crippen LogP contribution in [0.25, 0.3) is 0 Å². The summed E-state index contributed by atoms with van der Waals surface area (Å²) >= 11 is 0. The molecule has 310 valence electrons. The number of rotatable bonds is 40. The summed E-state index contributed by atoms with van der Waals surface area (Å²) in [4.78, 5) is 0. The Bertz CT molecular complexity index is 999. The van der Waals surface area contributed by atoms with Gasteiger partial charge in [-0.25, -0.2) is 0 Å². The molecule has 0 saturated carbocycles. The van der Waals surface area contributed by atoms with Crippen molar-refractivity contribution in [1.82, 2.24) is 0 Å². The van der Waals surface area contributed by atoms with E-state index in [1.54, 1.807) is 0 Å². The molecule has 0 atom stereocenters. The Morgan fingerprint density at radius 1 is 0.407 bits per heavy atom. The molecule has 0 spiro atoms. The molecule has 0 fully saturated rings. The third-order valence-electron chi connectivity index (χ3n) is 12.1. The van der Waals surface area contributed by atoms with Crippen molar-refractivity contribution in [1.29, 1.82) is 0 Å². The van der Waals surface area contributed by atoms with Gasteiger partial charge in [-0.05, 0) is 83.0 Å². The van der Waals surface area contributed by atoms with Crippen LogP contribution in [-0.2, 0) is 0 Å². The van der Waals surface area contributed by atoms with E-state index in [0.717, 1.165) is 44.9 Å². The lowest BCUT2D eigenvalue weighted by Crippen LogP contribution is -2.25. The Balaban J connectivity index is 5.94. The Hall–Kier alpha value is -1.92. The molecule has 0 N–H and O–H groups in total. The normalized spacial score (nSPS) is 11.2. The van der Waals surface area contributed by atoms with Crippen LogP contribution in [0.3, 0.4) is 0 Å². The first kappa shape index (κ1) is 52.1. The highest BCUT2D eigenvalue weighted by molar-refractivity contribution is 5.42. The highest BCUT2D eigenvalue weighted by Gasteiger charge is 2.34. The molecule has 0 amide bonds. The molecular weight excluding hydrogens is 649 g/mol. The van der Waals surface area contributed by atoms with Gasteiger partial charge < -0.3 is 0 Å². The van der Waals surface area contributed by atoms with Gasteiger partial charge in [0, 0.05) is 5.92 Å². The van der Waals surface area contributed by atoms with Gasteiger partial charge in [0.1, 0.15) is 0 Å². The van der Waals surface area contributed by atoms with Gasteiger partial charge in [-0.3, -0.25) is 0 Å². The summed E-state index contributed by atoms with van der Waals surface area (Å²) in [6.07, 6.45) is 44.8. The lowest BCUT2D eigenvalue weighted by Gasteiger charge is -2.35. The predicted molar refractivity (Wildman–Crippen MR) is 248 cm³/mol. The zero-order valence-electron chi connectivity index (χ0n) is 37.7. The van der Waals surface area contributed by atoms with Gasteiger partial charge in [0.25, 0.3) is 0 Å². The van der Waals surface area contributed by atoms with E-state index in [4.69, 9.17) is 26.3 Å². The van der Waals surface area contributed by atoms with Crippen molar-refractivity contribution >= 4 is 0 Å². The highest BCUT2D eigenvalue weighted by Crippen LogP contribution is 2.44. The van der Waals surface area contributed by atoms with Gasteiger partial charge in [0.15, 0.2) is 0 Å². The minimum Gasteiger partial charge on any atom is -0.0993 e. The number of hydrogen-bond acceptors (Lipinski definition) is 0. The average Bonchev–Trinajstić information content (AvgIpc) is 3.17. The minimum atomic E-state index is -0.363. The second-order valence-corrected chi connectivity index (χ2v) is 17.0. The second-order valence-electron chi connectivity index (χ2n) is 17.0. The van der Waals surface area contributed by atoms with Crippen LogP contribution in [0.2, 0.25) is 0 Å². The lowest BCUT2D eigenvalue weighted by molar-refractivity contribution is 0.424. The van der Waals surface area contributed by atoms with Gasteiger partial charge in [0.2, 0.25) is 0 Å². The fourth-order valence-electron chi connectivity index (χ4n) is 8.30. The Labute approximate surface area is 341 Å². The molecular formula is C54H94. The molecule has 0 bridgehead atoms. The van der Waals surface area contributed by atoms with Gasteiger partial charge in [-0.15, -0.1) is 0 Å². The van der Waals surface area contributed by atoms with Crippen molar-refractivity contribution in [2.75, 3.05) is 0 Å². The molecule has 0 unspecified atom stereocenters. The SMILES string of the molecule is C=C(CCCCCCCCC)C(CCCC(C#CC#CC)(C(=C)CCCCCCCCC)C(=C)CCCCCCCCC)C(=C)CCCCCCCCC. The fourth-order valence-corrected chi connectivity index (χ4v) is 8.30. The Kier molecular flexibility index (Phi) is 36.6. The van der Waals surface area contributed by atoms with Crippen molar-refractivity contribution < 1.29 is 0 Å². The molecule has 0 aromatic rings. The van der Waals surface area contributed by atoms with E-state index in [0.29, 0.717) is 5.92 Å². The smallest absolute Gasteiger partial charge is 0.0737 e. The fraction of sp³-hybridized carbons (Fsp3) is 0.778. The van der Waals surface area contributed by atoms with Crippen LogP contribution < -0.4 is 0 Å². The predicted octanol–water partition coefficient (Wildman–Crippen LogP) is 18.6. The summed E-state index contributed by atoms with van der Waals surface area (Å²) in [6.45, 7) is 30.3. The van der Waals surface area contributed by atoms with Crippen LogP contribution in [0.15, 0.2) is 48.6 Å². The van der Waals surface area contributed by atoms with Gasteiger partial charge in [-0.2, -0.15) is 0 Å². The molecule has 0 heterocycles. The zero-order chi connectivity index (χ0) is 40.0. The topological polar surface area (TPSA) is 0 Å². The molecule has 0 aliphatic carbocycles. The first-order chi connectivity index (χ1) is 26.3. The summed E-state index contributed by atoms with van der Waals surface area (Å²) in [5.41, 5.74) is 5.06. The Morgan fingerprint density at radius 2 is 0.722 bits per heavy atom. The van der Waals surface area contributed by atoms with Gasteiger partial charge in [-0.1, -0.05) is 249 Å². The van der Waals surface area contributed by atoms with E-state index in [2.05, 4.69) is 51.4 Å². The maximum absolute atomic E-state index is 4.83. The monoisotopic (exact) mass is 743 g/mol. The summed E-state index contributed by atoms with van der Waals surface area (Å²) in [5, 5.41) is 0. The van der Waals surface area contributed by atoms with Gasteiger partial charge >= 0.3 is 0 Å². The standard InChI is InChI=1S/C54H94/c1-10-15-20-24-28-32-36-42-49(6)53(50(7)43-37-33-29-25-21-16-11-2)46-41-48-54(47-40-19-14-5,51(8)44-38-34-30-26-22-17-12-3)52(9)45-39-35-31-27-23-18-13-4/h53H,6-13,15-18,20-39,41-46,48H2,1-5H3. The van der Waals surface area contributed by atoms with E-state index in [1.807, 2.05) is 6.92 Å². The second kappa shape index (κ2) is 38.0. The van der Waals surface area contributed by atoms with E-state index in [9.17, 15) is 0 Å². The highest BCUT2D eigenvalue weighted by atomic mass is 14.4. The minimum absolute atomic E-state index is 0.363. The van der Waals surface area contributed by atoms with Crippen LogP contribution in [0, 0.1) is 35.0 Å². The molecule has 0 aliphatic heterocycles. The molecule has 0 saturated heterocycles. The molecule has 54 heavy (non-hydrogen) atoms. The first-order valence-electron chi connectivity index (χ1n) is 24.0. The molecule has 0 aromatic heterocycles. The third kappa shape index (κ3) is 26.8. The Morgan fingerprint density at radius 3 is 1.06 bits per heavy atom.